The van der Waals surface area contributed by atoms with Gasteiger partial charge in [0.15, 0.2) is 11.8 Å². The van der Waals surface area contributed by atoms with Crippen LogP contribution in [0.25, 0.3) is 0 Å². The Morgan fingerprint density at radius 3 is 2.41 bits per heavy atom. The van der Waals surface area contributed by atoms with Crippen LogP contribution in [-0.2, 0) is 10.5 Å². The molecule has 0 unspecified atom stereocenters. The first-order valence-electron chi connectivity index (χ1n) is 9.70. The Morgan fingerprint density at radius 2 is 1.72 bits per heavy atom. The number of nitrogens with one attached hydrogen (secondary N) is 2. The number of carbonyl (C=O) groups excluding carboxylic acids is 2. The van der Waals surface area contributed by atoms with Crippen molar-refractivity contribution in [2.24, 2.45) is 0 Å². The summed E-state index contributed by atoms with van der Waals surface area (Å²) in [6.07, 6.45) is 0. The van der Waals surface area contributed by atoms with Gasteiger partial charge in [-0.1, -0.05) is 36.0 Å². The number of nitriles is 1. The molecule has 162 valence electrons. The zero-order chi connectivity index (χ0) is 22.9. The van der Waals surface area contributed by atoms with Crippen molar-refractivity contribution in [2.75, 3.05) is 6.61 Å². The molecule has 2 amide bonds. The van der Waals surface area contributed by atoms with Crippen LogP contribution >= 0.6 is 11.8 Å². The number of nitrogens with zero attached hydrogens (tertiary/aromatic N) is 3. The average Bonchev–Trinajstić information content (AvgIpc) is 2.79. The number of hydrazine groups is 1. The normalized spacial score (nSPS) is 10.2. The van der Waals surface area contributed by atoms with Crippen LogP contribution in [0.15, 0.2) is 59.8 Å². The van der Waals surface area contributed by atoms with Crippen LogP contribution < -0.4 is 15.6 Å². The predicted molar refractivity (Wildman–Crippen MR) is 120 cm³/mol. The first-order valence-corrected chi connectivity index (χ1v) is 10.7. The molecule has 1 aromatic heterocycles. The number of rotatable bonds is 7. The van der Waals surface area contributed by atoms with Crippen LogP contribution in [0.5, 0.6) is 5.75 Å². The Balaban J connectivity index is 1.46. The average molecular weight is 448 g/mol. The summed E-state index contributed by atoms with van der Waals surface area (Å²) >= 11 is 1.52. The van der Waals surface area contributed by atoms with Crippen LogP contribution in [0.2, 0.25) is 0 Å². The molecule has 0 atom stereocenters. The van der Waals surface area contributed by atoms with Crippen molar-refractivity contribution in [3.8, 4) is 11.8 Å². The van der Waals surface area contributed by atoms with Crippen molar-refractivity contribution in [2.45, 2.75) is 24.8 Å². The molecule has 3 rings (SSSR count). The van der Waals surface area contributed by atoms with Crippen molar-refractivity contribution in [1.82, 2.24) is 20.8 Å². The first-order chi connectivity index (χ1) is 15.4. The Hall–Kier alpha value is -3.90. The Bertz CT molecular complexity index is 1140. The molecule has 9 heteroatoms. The highest BCUT2D eigenvalue weighted by Crippen LogP contribution is 2.20. The van der Waals surface area contributed by atoms with Crippen molar-refractivity contribution in [3.63, 3.8) is 0 Å². The van der Waals surface area contributed by atoms with Gasteiger partial charge in [0.2, 0.25) is 0 Å². The third-order valence-electron chi connectivity index (χ3n) is 4.23. The van der Waals surface area contributed by atoms with E-state index in [2.05, 4.69) is 20.8 Å². The van der Waals surface area contributed by atoms with Crippen LogP contribution in [0.1, 0.15) is 32.9 Å². The molecule has 32 heavy (non-hydrogen) atoms. The van der Waals surface area contributed by atoms with E-state index in [-0.39, 0.29) is 6.61 Å². The molecule has 2 aromatic carbocycles. The summed E-state index contributed by atoms with van der Waals surface area (Å²) in [5.74, 6) is -0.0282. The van der Waals surface area contributed by atoms with Gasteiger partial charge in [0.1, 0.15) is 11.8 Å². The Morgan fingerprint density at radius 1 is 1.03 bits per heavy atom. The minimum atomic E-state index is -0.549. The second-order valence-corrected chi connectivity index (χ2v) is 7.76. The van der Waals surface area contributed by atoms with Crippen molar-refractivity contribution in [1.29, 1.82) is 5.26 Å². The number of amides is 2. The lowest BCUT2D eigenvalue weighted by Crippen LogP contribution is -2.43. The lowest BCUT2D eigenvalue weighted by Gasteiger charge is -2.10. The van der Waals surface area contributed by atoms with Crippen molar-refractivity contribution < 1.29 is 14.3 Å². The standard InChI is InChI=1S/C23H21N5O3S/c1-15-11-16(2)26-23(25-15)32-14-17-7-9-18(10-8-17)22(30)28-27-21(29)13-31-20-6-4-3-5-19(20)12-24/h3-11H,13-14H2,1-2H3,(H,27,29)(H,28,30). The molecular weight excluding hydrogens is 426 g/mol. The minimum absolute atomic E-state index is 0.302. The van der Waals surface area contributed by atoms with E-state index in [0.717, 1.165) is 17.0 Å². The number of aryl methyl sites for hydroxylation is 2. The van der Waals surface area contributed by atoms with Crippen LogP contribution in [0.3, 0.4) is 0 Å². The van der Waals surface area contributed by atoms with Gasteiger partial charge in [-0.05, 0) is 49.7 Å². The van der Waals surface area contributed by atoms with Gasteiger partial charge in [-0.3, -0.25) is 20.4 Å². The minimum Gasteiger partial charge on any atom is -0.482 e. The molecule has 3 aromatic rings. The number of hydrogen-bond acceptors (Lipinski definition) is 7. The number of thioether (sulfide) groups is 1. The number of hydrogen-bond donors (Lipinski definition) is 2. The van der Waals surface area contributed by atoms with E-state index in [9.17, 15) is 9.59 Å². The lowest BCUT2D eigenvalue weighted by atomic mass is 10.1. The zero-order valence-corrected chi connectivity index (χ0v) is 18.4. The second kappa shape index (κ2) is 10.9. The van der Waals surface area contributed by atoms with Gasteiger partial charge in [-0.15, -0.1) is 0 Å². The summed E-state index contributed by atoms with van der Waals surface area (Å²) in [5, 5.41) is 9.74. The van der Waals surface area contributed by atoms with Gasteiger partial charge in [-0.25, -0.2) is 9.97 Å². The fraction of sp³-hybridized carbons (Fsp3) is 0.174. The number of carbonyl (C=O) groups is 2. The van der Waals surface area contributed by atoms with Gasteiger partial charge in [-0.2, -0.15) is 5.26 Å². The monoisotopic (exact) mass is 447 g/mol. The highest BCUT2D eigenvalue weighted by Gasteiger charge is 2.10. The third-order valence-corrected chi connectivity index (χ3v) is 5.15. The molecule has 0 saturated carbocycles. The van der Waals surface area contributed by atoms with Crippen LogP contribution in [-0.4, -0.2) is 28.4 Å². The van der Waals surface area contributed by atoms with Crippen molar-refractivity contribution in [3.05, 3.63) is 82.7 Å². The first kappa shape index (κ1) is 22.8. The fourth-order valence-electron chi connectivity index (χ4n) is 2.72. The SMILES string of the molecule is Cc1cc(C)nc(SCc2ccc(C(=O)NNC(=O)COc3ccccc3C#N)cc2)n1. The summed E-state index contributed by atoms with van der Waals surface area (Å²) in [6.45, 7) is 3.53. The van der Waals surface area contributed by atoms with Gasteiger partial charge in [0, 0.05) is 22.7 Å². The largest absolute Gasteiger partial charge is 0.482 e. The van der Waals surface area contributed by atoms with E-state index < -0.39 is 11.8 Å². The molecule has 0 saturated heterocycles. The molecule has 8 nitrogen and oxygen atoms in total. The quantitative estimate of drug-likeness (QED) is 0.325. The molecule has 0 aliphatic carbocycles. The number of aromatic nitrogens is 2. The van der Waals surface area contributed by atoms with E-state index in [0.29, 0.717) is 27.8 Å². The van der Waals surface area contributed by atoms with Gasteiger partial charge < -0.3 is 4.74 Å². The van der Waals surface area contributed by atoms with E-state index in [1.807, 2.05) is 38.1 Å². The summed E-state index contributed by atoms with van der Waals surface area (Å²) in [7, 11) is 0. The molecule has 1 heterocycles. The number of ether oxygens (including phenoxy) is 1. The molecule has 0 spiro atoms. The highest BCUT2D eigenvalue weighted by atomic mass is 32.2. The summed E-state index contributed by atoms with van der Waals surface area (Å²) in [5.41, 5.74) is 8.23. The van der Waals surface area contributed by atoms with Gasteiger partial charge >= 0.3 is 0 Å². The molecule has 0 radical (unpaired) electrons. The van der Waals surface area contributed by atoms with Crippen LogP contribution in [0.4, 0.5) is 0 Å². The fourth-order valence-corrected chi connectivity index (χ4v) is 3.63. The number of benzene rings is 2. The van der Waals surface area contributed by atoms with E-state index in [4.69, 9.17) is 10.00 Å². The second-order valence-electron chi connectivity index (χ2n) is 6.82. The molecule has 0 aliphatic rings. The highest BCUT2D eigenvalue weighted by molar-refractivity contribution is 7.98. The predicted octanol–water partition coefficient (Wildman–Crippen LogP) is 3.10. The topological polar surface area (TPSA) is 117 Å². The van der Waals surface area contributed by atoms with Gasteiger partial charge in [0.05, 0.1) is 5.56 Å². The maximum absolute atomic E-state index is 12.3. The number of para-hydroxylation sites is 1. The molecule has 0 fully saturated rings. The molecule has 0 aliphatic heterocycles. The summed E-state index contributed by atoms with van der Waals surface area (Å²) in [4.78, 5) is 33.0. The third kappa shape index (κ3) is 6.55. The lowest BCUT2D eigenvalue weighted by molar-refractivity contribution is -0.123. The van der Waals surface area contributed by atoms with Crippen molar-refractivity contribution >= 4 is 23.6 Å². The zero-order valence-electron chi connectivity index (χ0n) is 17.6. The smallest absolute Gasteiger partial charge is 0.276 e. The maximum Gasteiger partial charge on any atom is 0.276 e. The molecular formula is C23H21N5O3S. The summed E-state index contributed by atoms with van der Waals surface area (Å²) in [6, 6.07) is 17.5. The van der Waals surface area contributed by atoms with E-state index in [1.165, 1.54) is 11.8 Å². The van der Waals surface area contributed by atoms with E-state index in [1.54, 1.807) is 36.4 Å². The molecule has 0 bridgehead atoms. The summed E-state index contributed by atoms with van der Waals surface area (Å²) < 4.78 is 5.32. The van der Waals surface area contributed by atoms with Crippen LogP contribution in [0, 0.1) is 25.2 Å². The molecule has 2 N–H and O–H groups in total. The van der Waals surface area contributed by atoms with E-state index >= 15 is 0 Å². The maximum atomic E-state index is 12.3. The van der Waals surface area contributed by atoms with Gasteiger partial charge in [0.25, 0.3) is 11.8 Å². The Labute approximate surface area is 190 Å². The Kier molecular flexibility index (Phi) is 7.78.